The van der Waals surface area contributed by atoms with E-state index >= 15 is 0 Å². The van der Waals surface area contributed by atoms with Crippen molar-refractivity contribution in [2.45, 2.75) is 32.4 Å². The quantitative estimate of drug-likeness (QED) is 0.748. The molecule has 0 saturated carbocycles. The molecule has 6 nitrogen and oxygen atoms in total. The fourth-order valence-corrected chi connectivity index (χ4v) is 2.92. The zero-order valence-corrected chi connectivity index (χ0v) is 16.1. The third-order valence-corrected chi connectivity index (χ3v) is 4.25. The van der Waals surface area contributed by atoms with Crippen LogP contribution in [-0.2, 0) is 9.59 Å². The van der Waals surface area contributed by atoms with E-state index in [4.69, 9.17) is 9.47 Å². The van der Waals surface area contributed by atoms with Crippen molar-refractivity contribution in [2.75, 3.05) is 14.2 Å². The summed E-state index contributed by atoms with van der Waals surface area (Å²) in [5.74, 6) is 1.01. The molecule has 0 radical (unpaired) electrons. The molecule has 2 atom stereocenters. The average Bonchev–Trinajstić information content (AvgIpc) is 2.67. The van der Waals surface area contributed by atoms with Crippen LogP contribution in [0.3, 0.4) is 0 Å². The van der Waals surface area contributed by atoms with E-state index in [0.29, 0.717) is 11.5 Å². The van der Waals surface area contributed by atoms with E-state index in [2.05, 4.69) is 10.6 Å². The molecule has 144 valence electrons. The van der Waals surface area contributed by atoms with Crippen LogP contribution in [0, 0.1) is 0 Å². The topological polar surface area (TPSA) is 76.7 Å². The van der Waals surface area contributed by atoms with E-state index in [9.17, 15) is 9.59 Å². The lowest BCUT2D eigenvalue weighted by Crippen LogP contribution is -2.33. The van der Waals surface area contributed by atoms with Crippen LogP contribution < -0.4 is 20.1 Å². The molecule has 2 N–H and O–H groups in total. The monoisotopic (exact) mass is 370 g/mol. The van der Waals surface area contributed by atoms with Gasteiger partial charge in [0.25, 0.3) is 0 Å². The van der Waals surface area contributed by atoms with Crippen LogP contribution >= 0.6 is 0 Å². The molecule has 2 rings (SSSR count). The number of hydrogen-bond donors (Lipinski definition) is 2. The van der Waals surface area contributed by atoms with E-state index in [1.165, 1.54) is 6.92 Å². The molecular weight excluding hydrogens is 344 g/mol. The van der Waals surface area contributed by atoms with Crippen molar-refractivity contribution in [3.63, 3.8) is 0 Å². The van der Waals surface area contributed by atoms with Crippen molar-refractivity contribution in [2.24, 2.45) is 0 Å². The summed E-state index contributed by atoms with van der Waals surface area (Å²) in [6.45, 7) is 3.32. The van der Waals surface area contributed by atoms with E-state index in [1.807, 2.05) is 43.3 Å². The summed E-state index contributed by atoms with van der Waals surface area (Å²) >= 11 is 0. The Kier molecular flexibility index (Phi) is 7.23. The number of benzene rings is 2. The van der Waals surface area contributed by atoms with Crippen molar-refractivity contribution in [1.29, 1.82) is 0 Å². The Morgan fingerprint density at radius 1 is 1.00 bits per heavy atom. The van der Waals surface area contributed by atoms with Gasteiger partial charge >= 0.3 is 0 Å². The molecule has 2 aromatic carbocycles. The smallest absolute Gasteiger partial charge is 0.222 e. The molecule has 0 unspecified atom stereocenters. The first-order valence-corrected chi connectivity index (χ1v) is 8.78. The third-order valence-electron chi connectivity index (χ3n) is 4.25. The number of carbonyl (C=O) groups is 2. The van der Waals surface area contributed by atoms with E-state index in [0.717, 1.165) is 11.1 Å². The number of nitrogens with one attached hydrogen (secondary N) is 2. The molecule has 27 heavy (non-hydrogen) atoms. The Balaban J connectivity index is 2.12. The summed E-state index contributed by atoms with van der Waals surface area (Å²) in [4.78, 5) is 24.1. The molecule has 0 bridgehead atoms. The Morgan fingerprint density at radius 3 is 2.30 bits per heavy atom. The van der Waals surface area contributed by atoms with E-state index in [1.54, 1.807) is 26.4 Å². The highest BCUT2D eigenvalue weighted by Crippen LogP contribution is 2.29. The van der Waals surface area contributed by atoms with Gasteiger partial charge in [0, 0.05) is 12.5 Å². The number of amides is 2. The highest BCUT2D eigenvalue weighted by molar-refractivity contribution is 5.79. The second kappa shape index (κ2) is 9.62. The van der Waals surface area contributed by atoms with Crippen LogP contribution in [0.25, 0.3) is 0 Å². The van der Waals surface area contributed by atoms with Crippen molar-refractivity contribution >= 4 is 11.8 Å². The molecule has 2 amide bonds. The molecule has 0 aliphatic carbocycles. The van der Waals surface area contributed by atoms with Gasteiger partial charge in [0.05, 0.1) is 32.7 Å². The second-order valence-electron chi connectivity index (χ2n) is 6.26. The van der Waals surface area contributed by atoms with Gasteiger partial charge in [-0.2, -0.15) is 0 Å². The maximum Gasteiger partial charge on any atom is 0.222 e. The molecule has 6 heteroatoms. The molecule has 0 aromatic heterocycles. The first-order valence-electron chi connectivity index (χ1n) is 8.78. The van der Waals surface area contributed by atoms with Gasteiger partial charge in [-0.1, -0.05) is 30.3 Å². The standard InChI is InChI=1S/C21H26N2O4/c1-14(18-12-17(26-3)10-11-20(18)27-4)22-21(25)13-19(23-15(2)24)16-8-6-5-7-9-16/h5-12,14,19H,13H2,1-4H3,(H,22,25)(H,23,24)/t14-,19+/m1/s1. The largest absolute Gasteiger partial charge is 0.497 e. The molecule has 0 spiro atoms. The maximum atomic E-state index is 12.6. The zero-order valence-electron chi connectivity index (χ0n) is 16.1. The first-order chi connectivity index (χ1) is 12.9. The number of ether oxygens (including phenoxy) is 2. The van der Waals surface area contributed by atoms with Crippen molar-refractivity contribution < 1.29 is 19.1 Å². The zero-order chi connectivity index (χ0) is 19.8. The van der Waals surface area contributed by atoms with Gasteiger partial charge in [0.2, 0.25) is 11.8 Å². The summed E-state index contributed by atoms with van der Waals surface area (Å²) < 4.78 is 10.6. The number of rotatable bonds is 8. The number of carbonyl (C=O) groups excluding carboxylic acids is 2. The Hall–Kier alpha value is -3.02. The first kappa shape index (κ1) is 20.3. The fourth-order valence-electron chi connectivity index (χ4n) is 2.92. The van der Waals surface area contributed by atoms with E-state index < -0.39 is 0 Å². The molecule has 0 saturated heterocycles. The SMILES string of the molecule is COc1ccc(OC)c([C@@H](C)NC(=O)C[C@H](NC(C)=O)c2ccccc2)c1. The molecule has 2 aromatic rings. The average molecular weight is 370 g/mol. The van der Waals surface area contributed by atoms with Crippen molar-refractivity contribution in [3.05, 3.63) is 59.7 Å². The lowest BCUT2D eigenvalue weighted by atomic mass is 10.0. The van der Waals surface area contributed by atoms with Crippen LogP contribution in [0.1, 0.15) is 43.5 Å². The Bertz CT molecular complexity index is 777. The van der Waals surface area contributed by atoms with Crippen LogP contribution in [-0.4, -0.2) is 26.0 Å². The van der Waals surface area contributed by atoms with Gasteiger partial charge < -0.3 is 20.1 Å². The number of methoxy groups -OCH3 is 2. The minimum Gasteiger partial charge on any atom is -0.497 e. The second-order valence-corrected chi connectivity index (χ2v) is 6.26. The van der Waals surface area contributed by atoms with Gasteiger partial charge in [-0.15, -0.1) is 0 Å². The van der Waals surface area contributed by atoms with Gasteiger partial charge in [0.15, 0.2) is 0 Å². The summed E-state index contributed by atoms with van der Waals surface area (Å²) in [7, 11) is 3.18. The van der Waals surface area contributed by atoms with Crippen LogP contribution in [0.15, 0.2) is 48.5 Å². The van der Waals surface area contributed by atoms with E-state index in [-0.39, 0.29) is 30.3 Å². The predicted octanol–water partition coefficient (Wildman–Crippen LogP) is 3.15. The molecule has 0 aliphatic heterocycles. The summed E-state index contributed by atoms with van der Waals surface area (Å²) in [6, 6.07) is 14.2. The van der Waals surface area contributed by atoms with Gasteiger partial charge in [-0.3, -0.25) is 9.59 Å². The van der Waals surface area contributed by atoms with Gasteiger partial charge in [-0.25, -0.2) is 0 Å². The highest BCUT2D eigenvalue weighted by atomic mass is 16.5. The maximum absolute atomic E-state index is 12.6. The number of hydrogen-bond acceptors (Lipinski definition) is 4. The molecule has 0 fully saturated rings. The van der Waals surface area contributed by atoms with Crippen LogP contribution in [0.4, 0.5) is 0 Å². The van der Waals surface area contributed by atoms with Crippen LogP contribution in [0.2, 0.25) is 0 Å². The molecule has 0 aliphatic rings. The Morgan fingerprint density at radius 2 is 1.70 bits per heavy atom. The van der Waals surface area contributed by atoms with Crippen molar-refractivity contribution in [1.82, 2.24) is 10.6 Å². The third kappa shape index (κ3) is 5.74. The summed E-state index contributed by atoms with van der Waals surface area (Å²) in [5.41, 5.74) is 1.70. The lowest BCUT2D eigenvalue weighted by molar-refractivity contribution is -0.123. The highest BCUT2D eigenvalue weighted by Gasteiger charge is 2.20. The Labute approximate surface area is 159 Å². The van der Waals surface area contributed by atoms with Crippen LogP contribution in [0.5, 0.6) is 11.5 Å². The summed E-state index contributed by atoms with van der Waals surface area (Å²) in [5, 5.41) is 5.81. The predicted molar refractivity (Wildman–Crippen MR) is 104 cm³/mol. The van der Waals surface area contributed by atoms with Crippen molar-refractivity contribution in [3.8, 4) is 11.5 Å². The van der Waals surface area contributed by atoms with Gasteiger partial charge in [0.1, 0.15) is 11.5 Å². The molecular formula is C21H26N2O4. The minimum absolute atomic E-state index is 0.139. The molecule has 0 heterocycles. The minimum atomic E-state index is -0.386. The normalized spacial score (nSPS) is 12.6. The lowest BCUT2D eigenvalue weighted by Gasteiger charge is -2.21. The fraction of sp³-hybridized carbons (Fsp3) is 0.333. The summed E-state index contributed by atoms with van der Waals surface area (Å²) in [6.07, 6.45) is 0.139. The van der Waals surface area contributed by atoms with Gasteiger partial charge in [-0.05, 0) is 30.7 Å².